The first kappa shape index (κ1) is 26.0. The summed E-state index contributed by atoms with van der Waals surface area (Å²) in [6.45, 7) is 0.288. The van der Waals surface area contributed by atoms with Crippen molar-refractivity contribution in [3.63, 3.8) is 0 Å². The number of piperazine rings is 1. The first-order chi connectivity index (χ1) is 16.7. The molecule has 1 unspecified atom stereocenters. The molecule has 1 aromatic carbocycles. The summed E-state index contributed by atoms with van der Waals surface area (Å²) in [5.74, 6) is -1.80. The van der Waals surface area contributed by atoms with Gasteiger partial charge in [0.2, 0.25) is 17.7 Å². The van der Waals surface area contributed by atoms with Gasteiger partial charge in [0.15, 0.2) is 5.96 Å². The highest BCUT2D eigenvalue weighted by Crippen LogP contribution is 2.29. The van der Waals surface area contributed by atoms with Gasteiger partial charge in [-0.2, -0.15) is 0 Å². The highest BCUT2D eigenvalue weighted by atomic mass is 16.4. The molecule has 190 valence electrons. The molecule has 1 aliphatic heterocycles. The van der Waals surface area contributed by atoms with E-state index in [0.29, 0.717) is 25.3 Å². The number of nitrogens with two attached hydrogens (primary N) is 2. The Morgan fingerprint density at radius 1 is 1.06 bits per heavy atom. The largest absolute Gasteiger partial charge is 0.480 e. The van der Waals surface area contributed by atoms with Gasteiger partial charge in [-0.15, -0.1) is 0 Å². The number of rotatable bonds is 9. The first-order valence-corrected chi connectivity index (χ1v) is 11.9. The third-order valence-corrected chi connectivity index (χ3v) is 6.67. The van der Waals surface area contributed by atoms with Gasteiger partial charge in [-0.25, -0.2) is 0 Å². The summed E-state index contributed by atoms with van der Waals surface area (Å²) in [4.78, 5) is 56.7. The average Bonchev–Trinajstić information content (AvgIpc) is 2.84. The Labute approximate surface area is 204 Å². The van der Waals surface area contributed by atoms with Gasteiger partial charge in [0.1, 0.15) is 12.6 Å². The van der Waals surface area contributed by atoms with Crippen LogP contribution in [0.5, 0.6) is 0 Å². The van der Waals surface area contributed by atoms with E-state index in [4.69, 9.17) is 16.6 Å². The van der Waals surface area contributed by atoms with Crippen molar-refractivity contribution in [2.24, 2.45) is 28.3 Å². The summed E-state index contributed by atoms with van der Waals surface area (Å²) < 4.78 is 0. The van der Waals surface area contributed by atoms with Crippen LogP contribution in [-0.2, 0) is 25.6 Å². The minimum absolute atomic E-state index is 0.0659. The lowest BCUT2D eigenvalue weighted by molar-refractivity contribution is -0.155. The molecule has 35 heavy (non-hydrogen) atoms. The summed E-state index contributed by atoms with van der Waals surface area (Å²) in [6, 6.07) is 8.44. The van der Waals surface area contributed by atoms with Crippen LogP contribution in [0, 0.1) is 11.8 Å². The number of carboxylic acids is 1. The molecule has 0 bridgehead atoms. The maximum absolute atomic E-state index is 13.0. The van der Waals surface area contributed by atoms with Crippen molar-refractivity contribution >= 4 is 29.7 Å². The van der Waals surface area contributed by atoms with Crippen LogP contribution in [-0.4, -0.2) is 83.3 Å². The fourth-order valence-corrected chi connectivity index (χ4v) is 4.74. The van der Waals surface area contributed by atoms with Crippen LogP contribution in [0.25, 0.3) is 0 Å². The van der Waals surface area contributed by atoms with E-state index < -0.39 is 24.5 Å². The molecule has 0 aromatic heterocycles. The topological polar surface area (TPSA) is 171 Å². The highest BCUT2D eigenvalue weighted by molar-refractivity contribution is 5.92. The van der Waals surface area contributed by atoms with Crippen molar-refractivity contribution in [2.45, 2.75) is 38.1 Å². The zero-order chi connectivity index (χ0) is 25.4. The van der Waals surface area contributed by atoms with Crippen LogP contribution in [0.4, 0.5) is 0 Å². The fourth-order valence-electron chi connectivity index (χ4n) is 4.74. The van der Waals surface area contributed by atoms with E-state index in [9.17, 15) is 19.2 Å². The molecule has 11 heteroatoms. The quantitative estimate of drug-likeness (QED) is 0.270. The second-order valence-electron chi connectivity index (χ2n) is 9.15. The van der Waals surface area contributed by atoms with Gasteiger partial charge in [-0.3, -0.25) is 24.2 Å². The number of aliphatic carboxylic acids is 1. The van der Waals surface area contributed by atoms with Gasteiger partial charge in [0.25, 0.3) is 0 Å². The highest BCUT2D eigenvalue weighted by Gasteiger charge is 2.38. The standard InChI is InChI=1S/C24H34N6O5/c25-24(26)28-13-17-6-8-18(9-7-17)22(34)27-14-20(31)30-11-10-29(15-21(32)33)23(35)19(30)12-16-4-2-1-3-5-16/h1-5,17-19H,6-15H2,(H,27,34)(H,32,33)(H4,25,26,28). The number of amides is 3. The van der Waals surface area contributed by atoms with Crippen LogP contribution >= 0.6 is 0 Å². The monoisotopic (exact) mass is 486 g/mol. The minimum atomic E-state index is -1.10. The lowest BCUT2D eigenvalue weighted by Crippen LogP contribution is -2.61. The van der Waals surface area contributed by atoms with Crippen molar-refractivity contribution in [3.05, 3.63) is 35.9 Å². The zero-order valence-corrected chi connectivity index (χ0v) is 19.8. The maximum atomic E-state index is 13.0. The van der Waals surface area contributed by atoms with Gasteiger partial charge >= 0.3 is 5.97 Å². The SMILES string of the molecule is NC(N)=NCC1CCC(C(=O)NCC(=O)N2CCN(CC(=O)O)C(=O)C2Cc2ccccc2)CC1. The fraction of sp³-hybridized carbons (Fsp3) is 0.542. The van der Waals surface area contributed by atoms with Gasteiger partial charge in [0.05, 0.1) is 6.54 Å². The number of nitrogens with one attached hydrogen (secondary N) is 1. The third kappa shape index (κ3) is 7.43. The Kier molecular flexibility index (Phi) is 9.04. The molecule has 1 saturated carbocycles. The normalized spacial score (nSPS) is 22.4. The van der Waals surface area contributed by atoms with Crippen LogP contribution in [0.2, 0.25) is 0 Å². The average molecular weight is 487 g/mol. The van der Waals surface area contributed by atoms with Crippen molar-refractivity contribution < 1.29 is 24.3 Å². The molecule has 3 amide bonds. The number of carboxylic acid groups (broad SMARTS) is 1. The second kappa shape index (κ2) is 12.2. The van der Waals surface area contributed by atoms with E-state index in [1.165, 1.54) is 9.80 Å². The minimum Gasteiger partial charge on any atom is -0.480 e. The van der Waals surface area contributed by atoms with Gasteiger partial charge in [0, 0.05) is 32.0 Å². The molecule has 1 aromatic rings. The number of guanidine groups is 1. The van der Waals surface area contributed by atoms with E-state index in [1.54, 1.807) is 0 Å². The lowest BCUT2D eigenvalue weighted by atomic mass is 9.81. The van der Waals surface area contributed by atoms with Crippen molar-refractivity contribution in [3.8, 4) is 0 Å². The number of carbonyl (C=O) groups excluding carboxylic acids is 3. The Morgan fingerprint density at radius 3 is 2.37 bits per heavy atom. The lowest BCUT2D eigenvalue weighted by Gasteiger charge is -2.40. The van der Waals surface area contributed by atoms with Gasteiger partial charge < -0.3 is 31.7 Å². The number of aliphatic imine (C=N–C) groups is 1. The van der Waals surface area contributed by atoms with Crippen LogP contribution in [0.15, 0.2) is 35.3 Å². The van der Waals surface area contributed by atoms with E-state index in [2.05, 4.69) is 10.3 Å². The summed E-state index contributed by atoms with van der Waals surface area (Å²) in [6.07, 6.45) is 3.35. The number of benzene rings is 1. The summed E-state index contributed by atoms with van der Waals surface area (Å²) in [7, 11) is 0. The van der Waals surface area contributed by atoms with Crippen molar-refractivity contribution in [1.29, 1.82) is 0 Å². The second-order valence-corrected chi connectivity index (χ2v) is 9.15. The molecular weight excluding hydrogens is 452 g/mol. The first-order valence-electron chi connectivity index (χ1n) is 11.9. The number of hydrogen-bond acceptors (Lipinski definition) is 5. The van der Waals surface area contributed by atoms with E-state index in [0.717, 1.165) is 18.4 Å². The van der Waals surface area contributed by atoms with Gasteiger partial charge in [-0.1, -0.05) is 30.3 Å². The van der Waals surface area contributed by atoms with Crippen LogP contribution in [0.1, 0.15) is 31.2 Å². The molecular formula is C24H34N6O5. The Balaban J connectivity index is 1.57. The van der Waals surface area contributed by atoms with Crippen LogP contribution < -0.4 is 16.8 Å². The smallest absolute Gasteiger partial charge is 0.323 e. The molecule has 0 radical (unpaired) electrons. The number of hydrogen-bond donors (Lipinski definition) is 4. The molecule has 1 aliphatic carbocycles. The predicted octanol–water partition coefficient (Wildman–Crippen LogP) is -0.451. The number of nitrogens with zero attached hydrogens (tertiary/aromatic N) is 3. The molecule has 2 fully saturated rings. The summed E-state index contributed by atoms with van der Waals surface area (Å²) >= 11 is 0. The zero-order valence-electron chi connectivity index (χ0n) is 19.8. The molecule has 1 saturated heterocycles. The van der Waals surface area contributed by atoms with Gasteiger partial charge in [-0.05, 0) is 37.2 Å². The summed E-state index contributed by atoms with van der Waals surface area (Å²) in [5, 5.41) is 11.9. The predicted molar refractivity (Wildman–Crippen MR) is 129 cm³/mol. The Bertz CT molecular complexity index is 941. The Hall–Kier alpha value is -3.63. The third-order valence-electron chi connectivity index (χ3n) is 6.67. The molecule has 1 atom stereocenters. The van der Waals surface area contributed by atoms with E-state index in [-0.39, 0.29) is 49.7 Å². The molecule has 6 N–H and O–H groups in total. The van der Waals surface area contributed by atoms with E-state index in [1.807, 2.05) is 30.3 Å². The van der Waals surface area contributed by atoms with E-state index >= 15 is 0 Å². The molecule has 3 rings (SSSR count). The van der Waals surface area contributed by atoms with Crippen molar-refractivity contribution in [1.82, 2.24) is 15.1 Å². The summed E-state index contributed by atoms with van der Waals surface area (Å²) in [5.41, 5.74) is 11.6. The maximum Gasteiger partial charge on any atom is 0.323 e. The van der Waals surface area contributed by atoms with Crippen LogP contribution in [0.3, 0.4) is 0 Å². The molecule has 11 nitrogen and oxygen atoms in total. The molecule has 0 spiro atoms. The molecule has 1 heterocycles. The van der Waals surface area contributed by atoms with Crippen molar-refractivity contribution in [2.75, 3.05) is 32.7 Å². The number of carbonyl (C=O) groups is 4. The molecule has 2 aliphatic rings. The Morgan fingerprint density at radius 2 is 1.74 bits per heavy atom.